The van der Waals surface area contributed by atoms with E-state index in [-0.39, 0.29) is 17.8 Å². The number of aromatic amines is 1. The number of halogens is 1. The molecule has 0 radical (unpaired) electrons. The van der Waals surface area contributed by atoms with Crippen molar-refractivity contribution in [2.45, 2.75) is 45.1 Å². The van der Waals surface area contributed by atoms with E-state index in [0.29, 0.717) is 18.8 Å². The lowest BCUT2D eigenvalue weighted by Crippen LogP contribution is -2.42. The standard InChI is InChI=1S/C16H24BrN5O2/c1-16(2,3)24-15(23)22-6-4-5-10(8-22)12-7-11(17)13(21-12)14(19)20-9-18/h7,9-10,21H,4-6,8H2,1-3H3,(H3,18,19,20). The quantitative estimate of drug-likeness (QED) is 0.538. The van der Waals surface area contributed by atoms with Crippen molar-refractivity contribution >= 4 is 34.2 Å². The molecule has 132 valence electrons. The first-order valence-electron chi connectivity index (χ1n) is 7.90. The summed E-state index contributed by atoms with van der Waals surface area (Å²) in [5, 5.41) is 7.02. The zero-order valence-electron chi connectivity index (χ0n) is 14.2. The summed E-state index contributed by atoms with van der Waals surface area (Å²) in [6.07, 6.45) is 2.53. The molecule has 7 nitrogen and oxygen atoms in total. The van der Waals surface area contributed by atoms with Gasteiger partial charge >= 0.3 is 6.09 Å². The number of nitrogens with one attached hydrogen (secondary N) is 2. The minimum atomic E-state index is -0.496. The molecule has 2 heterocycles. The molecule has 0 aromatic carbocycles. The normalized spacial score (nSPS) is 19.2. The predicted octanol–water partition coefficient (Wildman–Crippen LogP) is 3.20. The number of likely N-dealkylation sites (tertiary alicyclic amines) is 1. The summed E-state index contributed by atoms with van der Waals surface area (Å²) in [6, 6.07) is 1.96. The van der Waals surface area contributed by atoms with Crippen LogP contribution in [0.15, 0.2) is 15.5 Å². The molecule has 1 aromatic heterocycles. The number of nitrogens with zero attached hydrogens (tertiary/aromatic N) is 2. The summed E-state index contributed by atoms with van der Waals surface area (Å²) in [5.74, 6) is 0.437. The largest absolute Gasteiger partial charge is 0.444 e. The molecule has 1 aromatic rings. The van der Waals surface area contributed by atoms with Gasteiger partial charge in [0.2, 0.25) is 0 Å². The Morgan fingerprint density at radius 3 is 2.92 bits per heavy atom. The molecule has 0 spiro atoms. The van der Waals surface area contributed by atoms with E-state index in [2.05, 4.69) is 25.9 Å². The number of nitrogens with two attached hydrogens (primary N) is 1. The van der Waals surface area contributed by atoms with E-state index < -0.39 is 5.60 Å². The second-order valence-electron chi connectivity index (χ2n) is 6.86. The van der Waals surface area contributed by atoms with Gasteiger partial charge in [0.15, 0.2) is 0 Å². The molecule has 24 heavy (non-hydrogen) atoms. The lowest BCUT2D eigenvalue weighted by molar-refractivity contribution is 0.0197. The lowest BCUT2D eigenvalue weighted by atomic mass is 9.95. The summed E-state index contributed by atoms with van der Waals surface area (Å²) in [6.45, 7) is 6.91. The van der Waals surface area contributed by atoms with E-state index >= 15 is 0 Å². The Hall–Kier alpha value is -1.83. The topological polar surface area (TPSA) is 108 Å². The van der Waals surface area contributed by atoms with Gasteiger partial charge in [0.25, 0.3) is 0 Å². The van der Waals surface area contributed by atoms with Crippen molar-refractivity contribution in [3.05, 3.63) is 21.9 Å². The van der Waals surface area contributed by atoms with Gasteiger partial charge in [-0.1, -0.05) is 0 Å². The molecule has 1 amide bonds. The summed E-state index contributed by atoms with van der Waals surface area (Å²) >= 11 is 3.47. The molecule has 1 unspecified atom stereocenters. The second kappa shape index (κ2) is 7.38. The number of piperidine rings is 1. The Morgan fingerprint density at radius 1 is 1.58 bits per heavy atom. The van der Waals surface area contributed by atoms with E-state index in [1.54, 1.807) is 4.90 Å². The zero-order valence-corrected chi connectivity index (χ0v) is 15.8. The first kappa shape index (κ1) is 18.5. The van der Waals surface area contributed by atoms with Gasteiger partial charge in [0.05, 0.1) is 5.69 Å². The number of hydrogen-bond acceptors (Lipinski definition) is 3. The van der Waals surface area contributed by atoms with Crippen LogP contribution in [-0.2, 0) is 4.74 Å². The number of aromatic nitrogens is 1. The number of aliphatic imine (C=N–C) groups is 1. The minimum absolute atomic E-state index is 0.184. The molecular formula is C16H24BrN5O2. The molecular weight excluding hydrogens is 374 g/mol. The third-order valence-electron chi connectivity index (χ3n) is 3.76. The van der Waals surface area contributed by atoms with Crippen molar-refractivity contribution in [1.29, 1.82) is 5.41 Å². The fourth-order valence-corrected chi connectivity index (χ4v) is 3.26. The highest BCUT2D eigenvalue weighted by molar-refractivity contribution is 9.10. The zero-order chi connectivity index (χ0) is 17.9. The van der Waals surface area contributed by atoms with Crippen molar-refractivity contribution in [1.82, 2.24) is 9.88 Å². The summed E-state index contributed by atoms with van der Waals surface area (Å²) < 4.78 is 6.26. The summed E-state index contributed by atoms with van der Waals surface area (Å²) in [5.41, 5.74) is 7.00. The van der Waals surface area contributed by atoms with E-state index in [0.717, 1.165) is 29.3 Å². The van der Waals surface area contributed by atoms with Gasteiger partial charge in [-0.25, -0.2) is 9.79 Å². The molecule has 1 aliphatic rings. The van der Waals surface area contributed by atoms with Crippen LogP contribution in [0.4, 0.5) is 4.79 Å². The number of rotatable bonds is 3. The molecule has 8 heteroatoms. The molecule has 2 rings (SSSR count). The molecule has 1 atom stereocenters. The maximum Gasteiger partial charge on any atom is 0.410 e. The maximum absolute atomic E-state index is 12.3. The van der Waals surface area contributed by atoms with Crippen molar-refractivity contribution in [2.24, 2.45) is 10.7 Å². The first-order valence-corrected chi connectivity index (χ1v) is 8.69. The van der Waals surface area contributed by atoms with Crippen LogP contribution < -0.4 is 5.73 Å². The smallest absolute Gasteiger partial charge is 0.410 e. The van der Waals surface area contributed by atoms with Gasteiger partial charge in [-0.05, 0) is 55.6 Å². The van der Waals surface area contributed by atoms with Gasteiger partial charge in [-0.3, -0.25) is 5.41 Å². The van der Waals surface area contributed by atoms with Crippen LogP contribution in [0.3, 0.4) is 0 Å². The third-order valence-corrected chi connectivity index (χ3v) is 4.39. The highest BCUT2D eigenvalue weighted by Gasteiger charge is 2.29. The molecule has 0 saturated carbocycles. The SMILES string of the molecule is CC(C)(C)OC(=O)N1CCCC(c2cc(Br)c(C(N)=NC=N)[nH]2)C1. The fraction of sp³-hybridized carbons (Fsp3) is 0.562. The van der Waals surface area contributed by atoms with Gasteiger partial charge in [-0.15, -0.1) is 0 Å². The van der Waals surface area contributed by atoms with Gasteiger partial charge in [-0.2, -0.15) is 0 Å². The average Bonchev–Trinajstić information content (AvgIpc) is 2.88. The Balaban J connectivity index is 2.13. The van der Waals surface area contributed by atoms with E-state index in [9.17, 15) is 4.79 Å². The van der Waals surface area contributed by atoms with E-state index in [1.807, 2.05) is 26.8 Å². The number of carbonyl (C=O) groups is 1. The highest BCUT2D eigenvalue weighted by atomic mass is 79.9. The molecule has 1 aliphatic heterocycles. The monoisotopic (exact) mass is 397 g/mol. The number of amidine groups is 1. The van der Waals surface area contributed by atoms with E-state index in [1.165, 1.54) is 0 Å². The Morgan fingerprint density at radius 2 is 2.29 bits per heavy atom. The fourth-order valence-electron chi connectivity index (χ4n) is 2.71. The third kappa shape index (κ3) is 4.59. The summed E-state index contributed by atoms with van der Waals surface area (Å²) in [7, 11) is 0. The highest BCUT2D eigenvalue weighted by Crippen LogP contribution is 2.30. The molecule has 4 N–H and O–H groups in total. The van der Waals surface area contributed by atoms with Crippen LogP contribution in [0.5, 0.6) is 0 Å². The van der Waals surface area contributed by atoms with Crippen molar-refractivity contribution in [3.8, 4) is 0 Å². The molecule has 1 saturated heterocycles. The first-order chi connectivity index (χ1) is 11.2. The van der Waals surface area contributed by atoms with Crippen molar-refractivity contribution in [2.75, 3.05) is 13.1 Å². The van der Waals surface area contributed by atoms with Gasteiger partial charge in [0.1, 0.15) is 17.8 Å². The minimum Gasteiger partial charge on any atom is -0.444 e. The van der Waals surface area contributed by atoms with Crippen LogP contribution in [0.2, 0.25) is 0 Å². The molecule has 0 aliphatic carbocycles. The van der Waals surface area contributed by atoms with Crippen LogP contribution >= 0.6 is 15.9 Å². The van der Waals surface area contributed by atoms with Gasteiger partial charge in [0, 0.05) is 29.2 Å². The number of carbonyl (C=O) groups excluding carboxylic acids is 1. The van der Waals surface area contributed by atoms with Crippen LogP contribution in [0.1, 0.15) is 50.9 Å². The molecule has 0 bridgehead atoms. The van der Waals surface area contributed by atoms with Crippen LogP contribution in [0, 0.1) is 5.41 Å². The maximum atomic E-state index is 12.3. The van der Waals surface area contributed by atoms with Gasteiger partial charge < -0.3 is 20.4 Å². The number of ether oxygens (including phenoxy) is 1. The van der Waals surface area contributed by atoms with E-state index in [4.69, 9.17) is 15.9 Å². The number of amides is 1. The number of hydrogen-bond donors (Lipinski definition) is 3. The second-order valence-corrected chi connectivity index (χ2v) is 7.71. The predicted molar refractivity (Wildman–Crippen MR) is 97.8 cm³/mol. The van der Waals surface area contributed by atoms with Crippen LogP contribution in [-0.4, -0.2) is 46.8 Å². The van der Waals surface area contributed by atoms with Crippen molar-refractivity contribution < 1.29 is 9.53 Å². The Bertz CT molecular complexity index is 647. The average molecular weight is 398 g/mol. The number of H-pyrrole nitrogens is 1. The molecule has 1 fully saturated rings. The van der Waals surface area contributed by atoms with Crippen molar-refractivity contribution in [3.63, 3.8) is 0 Å². The summed E-state index contributed by atoms with van der Waals surface area (Å²) in [4.78, 5) is 21.1. The lowest BCUT2D eigenvalue weighted by Gasteiger charge is -2.33. The van der Waals surface area contributed by atoms with Crippen LogP contribution in [0.25, 0.3) is 0 Å². The Kier molecular flexibility index (Phi) is 5.69. The Labute approximate surface area is 150 Å².